The highest BCUT2D eigenvalue weighted by Gasteiger charge is 2.25. The van der Waals surface area contributed by atoms with Gasteiger partial charge in [0.2, 0.25) is 5.91 Å². The van der Waals surface area contributed by atoms with Gasteiger partial charge in [0.1, 0.15) is 0 Å². The summed E-state index contributed by atoms with van der Waals surface area (Å²) in [6, 6.07) is 7.96. The largest absolute Gasteiger partial charge is 0.351 e. The summed E-state index contributed by atoms with van der Waals surface area (Å²) >= 11 is 0. The predicted octanol–water partition coefficient (Wildman–Crippen LogP) is 1.05. The van der Waals surface area contributed by atoms with Crippen LogP contribution in [0.4, 0.5) is 0 Å². The van der Waals surface area contributed by atoms with E-state index in [1.165, 1.54) is 5.56 Å². The number of carbonyl (C=O) groups excluding carboxylic acids is 1. The van der Waals surface area contributed by atoms with Crippen molar-refractivity contribution in [2.24, 2.45) is 0 Å². The molecule has 2 aromatic rings. The number of rotatable bonds is 3. The molecule has 1 aliphatic rings. The van der Waals surface area contributed by atoms with Crippen molar-refractivity contribution in [3.05, 3.63) is 53.1 Å². The minimum atomic E-state index is -0.199. The molecular formula is C15H18N4O. The number of aromatic amines is 1. The SMILES string of the molecule is Cc1cccc(CNC(=O)C2Cc3nc[nH]c3CN2)c1. The van der Waals surface area contributed by atoms with Crippen LogP contribution in [0.1, 0.15) is 22.5 Å². The summed E-state index contributed by atoms with van der Waals surface area (Å²) in [6.45, 7) is 3.27. The van der Waals surface area contributed by atoms with Crippen molar-refractivity contribution in [3.63, 3.8) is 0 Å². The number of imidazole rings is 1. The van der Waals surface area contributed by atoms with E-state index in [1.807, 2.05) is 25.1 Å². The normalized spacial score (nSPS) is 17.6. The molecule has 1 aromatic carbocycles. The van der Waals surface area contributed by atoms with Crippen LogP contribution in [0.2, 0.25) is 0 Å². The molecule has 1 unspecified atom stereocenters. The molecule has 0 aliphatic carbocycles. The lowest BCUT2D eigenvalue weighted by molar-refractivity contribution is -0.123. The topological polar surface area (TPSA) is 69.8 Å². The van der Waals surface area contributed by atoms with Gasteiger partial charge in [-0.3, -0.25) is 10.1 Å². The van der Waals surface area contributed by atoms with Gasteiger partial charge >= 0.3 is 0 Å². The van der Waals surface area contributed by atoms with Gasteiger partial charge in [-0.2, -0.15) is 0 Å². The third kappa shape index (κ3) is 2.72. The van der Waals surface area contributed by atoms with Crippen LogP contribution in [-0.4, -0.2) is 21.9 Å². The summed E-state index contributed by atoms with van der Waals surface area (Å²) in [5, 5.41) is 6.20. The van der Waals surface area contributed by atoms with E-state index in [2.05, 4.69) is 26.7 Å². The first-order valence-corrected chi connectivity index (χ1v) is 6.80. The molecule has 104 valence electrons. The Labute approximate surface area is 117 Å². The second kappa shape index (κ2) is 5.46. The van der Waals surface area contributed by atoms with E-state index in [-0.39, 0.29) is 11.9 Å². The molecule has 20 heavy (non-hydrogen) atoms. The quantitative estimate of drug-likeness (QED) is 0.781. The monoisotopic (exact) mass is 270 g/mol. The summed E-state index contributed by atoms with van der Waals surface area (Å²) in [7, 11) is 0. The number of nitrogens with one attached hydrogen (secondary N) is 3. The molecule has 1 aromatic heterocycles. The van der Waals surface area contributed by atoms with E-state index >= 15 is 0 Å². The number of hydrogen-bond acceptors (Lipinski definition) is 3. The van der Waals surface area contributed by atoms with Crippen LogP contribution in [0, 0.1) is 6.92 Å². The highest BCUT2D eigenvalue weighted by atomic mass is 16.2. The van der Waals surface area contributed by atoms with E-state index in [1.54, 1.807) is 6.33 Å². The minimum absolute atomic E-state index is 0.0279. The van der Waals surface area contributed by atoms with Crippen LogP contribution < -0.4 is 10.6 Å². The van der Waals surface area contributed by atoms with Crippen molar-refractivity contribution in [1.82, 2.24) is 20.6 Å². The fourth-order valence-electron chi connectivity index (χ4n) is 2.49. The highest BCUT2D eigenvalue weighted by Crippen LogP contribution is 2.12. The van der Waals surface area contributed by atoms with E-state index in [4.69, 9.17) is 0 Å². The van der Waals surface area contributed by atoms with Gasteiger partial charge in [0.15, 0.2) is 0 Å². The Bertz CT molecular complexity index is 620. The molecule has 1 atom stereocenters. The van der Waals surface area contributed by atoms with Gasteiger partial charge in [-0.15, -0.1) is 0 Å². The highest BCUT2D eigenvalue weighted by molar-refractivity contribution is 5.82. The maximum absolute atomic E-state index is 12.2. The molecular weight excluding hydrogens is 252 g/mol. The number of fused-ring (bicyclic) bond motifs is 1. The Morgan fingerprint density at radius 1 is 1.50 bits per heavy atom. The van der Waals surface area contributed by atoms with Gasteiger partial charge in [0, 0.05) is 19.5 Å². The molecule has 0 radical (unpaired) electrons. The molecule has 1 aliphatic heterocycles. The van der Waals surface area contributed by atoms with E-state index in [9.17, 15) is 4.79 Å². The molecule has 3 rings (SSSR count). The zero-order valence-electron chi connectivity index (χ0n) is 11.4. The summed E-state index contributed by atoms with van der Waals surface area (Å²) in [4.78, 5) is 19.5. The number of nitrogens with zero attached hydrogens (tertiary/aromatic N) is 1. The van der Waals surface area contributed by atoms with Crippen molar-refractivity contribution in [1.29, 1.82) is 0 Å². The second-order valence-corrected chi connectivity index (χ2v) is 5.17. The fraction of sp³-hybridized carbons (Fsp3) is 0.333. The average molecular weight is 270 g/mol. The first-order chi connectivity index (χ1) is 9.72. The lowest BCUT2D eigenvalue weighted by Crippen LogP contribution is -2.47. The van der Waals surface area contributed by atoms with Gasteiger partial charge in [-0.1, -0.05) is 29.8 Å². The minimum Gasteiger partial charge on any atom is -0.351 e. The predicted molar refractivity (Wildman–Crippen MR) is 75.9 cm³/mol. The number of aromatic nitrogens is 2. The zero-order valence-corrected chi connectivity index (χ0v) is 11.4. The number of benzene rings is 1. The van der Waals surface area contributed by atoms with E-state index in [0.29, 0.717) is 19.5 Å². The van der Waals surface area contributed by atoms with Crippen LogP contribution in [0.5, 0.6) is 0 Å². The fourth-order valence-corrected chi connectivity index (χ4v) is 2.49. The third-order valence-electron chi connectivity index (χ3n) is 3.60. The van der Waals surface area contributed by atoms with Crippen molar-refractivity contribution in [2.75, 3.05) is 0 Å². The first-order valence-electron chi connectivity index (χ1n) is 6.80. The van der Waals surface area contributed by atoms with E-state index < -0.39 is 0 Å². The van der Waals surface area contributed by atoms with Crippen LogP contribution >= 0.6 is 0 Å². The van der Waals surface area contributed by atoms with Gasteiger partial charge in [-0.05, 0) is 12.5 Å². The lowest BCUT2D eigenvalue weighted by atomic mass is 10.0. The van der Waals surface area contributed by atoms with Crippen LogP contribution in [0.3, 0.4) is 0 Å². The Morgan fingerprint density at radius 3 is 3.25 bits per heavy atom. The zero-order chi connectivity index (χ0) is 13.9. The average Bonchev–Trinajstić information content (AvgIpc) is 2.92. The molecule has 5 nitrogen and oxygen atoms in total. The Morgan fingerprint density at radius 2 is 2.40 bits per heavy atom. The standard InChI is InChI=1S/C15H18N4O/c1-10-3-2-4-11(5-10)7-17-15(20)13-6-12-14(8-16-13)19-9-18-12/h2-5,9,13,16H,6-8H2,1H3,(H,17,20)(H,18,19). The molecule has 0 spiro atoms. The van der Waals surface area contributed by atoms with Gasteiger partial charge in [0.05, 0.1) is 23.8 Å². The molecule has 1 amide bonds. The number of carbonyl (C=O) groups is 1. The second-order valence-electron chi connectivity index (χ2n) is 5.17. The number of aryl methyl sites for hydroxylation is 1. The smallest absolute Gasteiger partial charge is 0.237 e. The number of H-pyrrole nitrogens is 1. The Kier molecular flexibility index (Phi) is 3.52. The van der Waals surface area contributed by atoms with Crippen LogP contribution in [-0.2, 0) is 24.3 Å². The molecule has 0 saturated carbocycles. The molecule has 3 N–H and O–H groups in total. The summed E-state index contributed by atoms with van der Waals surface area (Å²) in [6.07, 6.45) is 2.32. The molecule has 5 heteroatoms. The Hall–Kier alpha value is -2.14. The number of amides is 1. The molecule has 0 bridgehead atoms. The van der Waals surface area contributed by atoms with Crippen LogP contribution in [0.25, 0.3) is 0 Å². The van der Waals surface area contributed by atoms with Crippen molar-refractivity contribution < 1.29 is 4.79 Å². The Balaban J connectivity index is 1.58. The summed E-state index contributed by atoms with van der Waals surface area (Å²) < 4.78 is 0. The van der Waals surface area contributed by atoms with Crippen molar-refractivity contribution in [2.45, 2.75) is 32.5 Å². The van der Waals surface area contributed by atoms with Crippen molar-refractivity contribution >= 4 is 5.91 Å². The molecule has 2 heterocycles. The molecule has 0 fully saturated rings. The maximum atomic E-state index is 12.2. The van der Waals surface area contributed by atoms with Crippen molar-refractivity contribution in [3.8, 4) is 0 Å². The molecule has 0 saturated heterocycles. The lowest BCUT2D eigenvalue weighted by Gasteiger charge is -2.22. The third-order valence-corrected chi connectivity index (χ3v) is 3.60. The summed E-state index contributed by atoms with van der Waals surface area (Å²) in [5.41, 5.74) is 4.38. The number of hydrogen-bond donors (Lipinski definition) is 3. The maximum Gasteiger partial charge on any atom is 0.237 e. The van der Waals surface area contributed by atoms with Crippen LogP contribution in [0.15, 0.2) is 30.6 Å². The summed E-state index contributed by atoms with van der Waals surface area (Å²) in [5.74, 6) is 0.0279. The first kappa shape index (κ1) is 12.9. The van der Waals surface area contributed by atoms with E-state index in [0.717, 1.165) is 17.0 Å². The van der Waals surface area contributed by atoms with Gasteiger partial charge in [-0.25, -0.2) is 4.98 Å². The van der Waals surface area contributed by atoms with Gasteiger partial charge in [0.25, 0.3) is 0 Å². The van der Waals surface area contributed by atoms with Gasteiger partial charge < -0.3 is 10.3 Å².